The van der Waals surface area contributed by atoms with Crippen molar-refractivity contribution < 1.29 is 9.53 Å². The van der Waals surface area contributed by atoms with Crippen LogP contribution in [0.1, 0.15) is 34.8 Å². The van der Waals surface area contributed by atoms with Crippen LogP contribution in [0.15, 0.2) is 18.2 Å². The molecule has 1 unspecified atom stereocenters. The van der Waals surface area contributed by atoms with Crippen LogP contribution in [0, 0.1) is 0 Å². The van der Waals surface area contributed by atoms with Crippen molar-refractivity contribution >= 4 is 17.5 Å². The monoisotopic (exact) mass is 267 g/mol. The molecule has 1 aromatic rings. The molecule has 1 atom stereocenters. The fourth-order valence-electron chi connectivity index (χ4n) is 2.00. The summed E-state index contributed by atoms with van der Waals surface area (Å²) in [5, 5.41) is 0.0914. The quantitative estimate of drug-likeness (QED) is 0.785. The molecule has 3 nitrogen and oxygen atoms in total. The molecule has 0 aliphatic carbocycles. The molecule has 2 rings (SSSR count). The first-order valence-corrected chi connectivity index (χ1v) is 6.60. The van der Waals surface area contributed by atoms with Crippen molar-refractivity contribution in [2.45, 2.75) is 31.9 Å². The van der Waals surface area contributed by atoms with Gasteiger partial charge in [-0.05, 0) is 36.6 Å². The van der Waals surface area contributed by atoms with E-state index in [1.807, 2.05) is 32.2 Å². The first kappa shape index (κ1) is 13.4. The van der Waals surface area contributed by atoms with Crippen molar-refractivity contribution in [3.05, 3.63) is 34.9 Å². The van der Waals surface area contributed by atoms with Gasteiger partial charge in [0, 0.05) is 24.5 Å². The predicted octanol–water partition coefficient (Wildman–Crippen LogP) is 2.81. The van der Waals surface area contributed by atoms with Gasteiger partial charge in [0.2, 0.25) is 0 Å². The summed E-state index contributed by atoms with van der Waals surface area (Å²) < 4.78 is 5.35. The minimum Gasteiger partial charge on any atom is -0.372 e. The lowest BCUT2D eigenvalue weighted by atomic mass is 10.1. The molecule has 1 aromatic carbocycles. The zero-order chi connectivity index (χ0) is 13.1. The van der Waals surface area contributed by atoms with Gasteiger partial charge >= 0.3 is 0 Å². The molecule has 0 N–H and O–H groups in total. The predicted molar refractivity (Wildman–Crippen MR) is 71.8 cm³/mol. The van der Waals surface area contributed by atoms with Crippen molar-refractivity contribution in [3.8, 4) is 0 Å². The fraction of sp³-hybridized carbons (Fsp3) is 0.500. The molecule has 1 amide bonds. The Kier molecular flexibility index (Phi) is 4.25. The zero-order valence-electron chi connectivity index (χ0n) is 10.8. The van der Waals surface area contributed by atoms with E-state index in [0.717, 1.165) is 17.5 Å². The molecule has 1 aliphatic heterocycles. The maximum atomic E-state index is 12.2. The van der Waals surface area contributed by atoms with Gasteiger partial charge in [0.25, 0.3) is 5.91 Å². The standard InChI is InChI=1S/C14H18ClNO2/c1-10(15)5-6-16(2)14(17)11-3-4-12-8-18-9-13(12)7-11/h3-4,7,10H,5-6,8-9H2,1-2H3. The van der Waals surface area contributed by atoms with Crippen molar-refractivity contribution in [1.82, 2.24) is 4.90 Å². The van der Waals surface area contributed by atoms with E-state index in [0.29, 0.717) is 19.8 Å². The Labute approximate surface area is 113 Å². The second-order valence-corrected chi connectivity index (χ2v) is 5.52. The normalized spacial score (nSPS) is 15.3. The van der Waals surface area contributed by atoms with E-state index in [4.69, 9.17) is 16.3 Å². The third kappa shape index (κ3) is 3.03. The van der Waals surface area contributed by atoms with E-state index in [1.165, 1.54) is 5.56 Å². The number of halogens is 1. The zero-order valence-corrected chi connectivity index (χ0v) is 11.5. The molecule has 0 radical (unpaired) electrons. The van der Waals surface area contributed by atoms with E-state index >= 15 is 0 Å². The lowest BCUT2D eigenvalue weighted by Crippen LogP contribution is -2.28. The number of hydrogen-bond acceptors (Lipinski definition) is 2. The Bertz CT molecular complexity index is 445. The number of hydrogen-bond donors (Lipinski definition) is 0. The molecule has 0 aromatic heterocycles. The van der Waals surface area contributed by atoms with E-state index in [1.54, 1.807) is 4.90 Å². The maximum Gasteiger partial charge on any atom is 0.253 e. The van der Waals surface area contributed by atoms with Crippen LogP contribution in [0.2, 0.25) is 0 Å². The average Bonchev–Trinajstić information content (AvgIpc) is 2.81. The molecule has 0 saturated heterocycles. The SMILES string of the molecule is CC(Cl)CCN(C)C(=O)c1ccc2c(c1)COC2. The Hall–Kier alpha value is -1.06. The van der Waals surface area contributed by atoms with Gasteiger partial charge in [0.15, 0.2) is 0 Å². The van der Waals surface area contributed by atoms with Crippen molar-refractivity contribution in [2.24, 2.45) is 0 Å². The topological polar surface area (TPSA) is 29.5 Å². The summed E-state index contributed by atoms with van der Waals surface area (Å²) in [5.74, 6) is 0.0435. The third-order valence-electron chi connectivity index (χ3n) is 3.18. The molecule has 1 heterocycles. The maximum absolute atomic E-state index is 12.2. The molecule has 0 spiro atoms. The number of nitrogens with zero attached hydrogens (tertiary/aromatic N) is 1. The molecule has 4 heteroatoms. The van der Waals surface area contributed by atoms with Crippen LogP contribution in [0.4, 0.5) is 0 Å². The third-order valence-corrected chi connectivity index (χ3v) is 3.40. The number of amides is 1. The Morgan fingerprint density at radius 3 is 2.89 bits per heavy atom. The van der Waals surface area contributed by atoms with E-state index in [2.05, 4.69) is 0 Å². The molecule has 18 heavy (non-hydrogen) atoms. The summed E-state index contributed by atoms with van der Waals surface area (Å²) in [6, 6.07) is 5.79. The van der Waals surface area contributed by atoms with Gasteiger partial charge in [0.05, 0.1) is 13.2 Å². The van der Waals surface area contributed by atoms with E-state index in [9.17, 15) is 4.79 Å². The van der Waals surface area contributed by atoms with Crippen LogP contribution in [-0.2, 0) is 18.0 Å². The number of carbonyl (C=O) groups is 1. The average molecular weight is 268 g/mol. The summed E-state index contributed by atoms with van der Waals surface area (Å²) in [6.07, 6.45) is 0.803. The lowest BCUT2D eigenvalue weighted by Gasteiger charge is -2.18. The molecule has 0 saturated carbocycles. The molecule has 1 aliphatic rings. The van der Waals surface area contributed by atoms with Gasteiger partial charge in [-0.25, -0.2) is 0 Å². The summed E-state index contributed by atoms with van der Waals surface area (Å²) in [5.41, 5.74) is 3.03. The lowest BCUT2D eigenvalue weighted by molar-refractivity contribution is 0.0793. The van der Waals surface area contributed by atoms with Gasteiger partial charge in [0.1, 0.15) is 0 Å². The number of benzene rings is 1. The molecule has 0 fully saturated rings. The van der Waals surface area contributed by atoms with Crippen molar-refractivity contribution in [3.63, 3.8) is 0 Å². The number of ether oxygens (including phenoxy) is 1. The van der Waals surface area contributed by atoms with E-state index < -0.39 is 0 Å². The van der Waals surface area contributed by atoms with Crippen LogP contribution in [0.25, 0.3) is 0 Å². The smallest absolute Gasteiger partial charge is 0.253 e. The summed E-state index contributed by atoms with van der Waals surface area (Å²) in [7, 11) is 1.81. The van der Waals surface area contributed by atoms with Gasteiger partial charge in [-0.1, -0.05) is 6.07 Å². The fourth-order valence-corrected chi connectivity index (χ4v) is 2.10. The van der Waals surface area contributed by atoms with Gasteiger partial charge in [-0.15, -0.1) is 11.6 Å². The van der Waals surface area contributed by atoms with Crippen LogP contribution in [-0.4, -0.2) is 29.8 Å². The summed E-state index contributed by atoms with van der Waals surface area (Å²) in [6.45, 7) is 3.88. The van der Waals surface area contributed by atoms with Crippen LogP contribution < -0.4 is 0 Å². The summed E-state index contributed by atoms with van der Waals surface area (Å²) in [4.78, 5) is 13.9. The Morgan fingerprint density at radius 2 is 2.17 bits per heavy atom. The Morgan fingerprint density at radius 1 is 1.44 bits per heavy atom. The van der Waals surface area contributed by atoms with Crippen LogP contribution in [0.3, 0.4) is 0 Å². The van der Waals surface area contributed by atoms with Crippen LogP contribution >= 0.6 is 11.6 Å². The van der Waals surface area contributed by atoms with Gasteiger partial charge < -0.3 is 9.64 Å². The first-order chi connectivity index (χ1) is 8.58. The first-order valence-electron chi connectivity index (χ1n) is 6.17. The highest BCUT2D eigenvalue weighted by molar-refractivity contribution is 6.20. The van der Waals surface area contributed by atoms with Crippen molar-refractivity contribution in [2.75, 3.05) is 13.6 Å². The number of rotatable bonds is 4. The molecular weight excluding hydrogens is 250 g/mol. The second-order valence-electron chi connectivity index (χ2n) is 4.77. The molecular formula is C14H18ClNO2. The highest BCUT2D eigenvalue weighted by atomic mass is 35.5. The van der Waals surface area contributed by atoms with Gasteiger partial charge in [-0.2, -0.15) is 0 Å². The van der Waals surface area contributed by atoms with Crippen molar-refractivity contribution in [1.29, 1.82) is 0 Å². The summed E-state index contributed by atoms with van der Waals surface area (Å²) >= 11 is 5.89. The van der Waals surface area contributed by atoms with Crippen LogP contribution in [0.5, 0.6) is 0 Å². The highest BCUT2D eigenvalue weighted by Crippen LogP contribution is 2.21. The minimum absolute atomic E-state index is 0.0435. The number of fused-ring (bicyclic) bond motifs is 1. The number of carbonyl (C=O) groups excluding carboxylic acids is 1. The Balaban J connectivity index is 2.04. The number of alkyl halides is 1. The van der Waals surface area contributed by atoms with E-state index in [-0.39, 0.29) is 11.3 Å². The minimum atomic E-state index is 0.0435. The highest BCUT2D eigenvalue weighted by Gasteiger charge is 2.16. The largest absolute Gasteiger partial charge is 0.372 e. The molecule has 0 bridgehead atoms. The van der Waals surface area contributed by atoms with Gasteiger partial charge in [-0.3, -0.25) is 4.79 Å². The molecule has 98 valence electrons. The second kappa shape index (κ2) is 5.72.